The molecule has 2 rings (SSSR count). The van der Waals surface area contributed by atoms with Crippen LogP contribution in [-0.4, -0.2) is 18.8 Å². The van der Waals surface area contributed by atoms with Crippen molar-refractivity contribution in [2.24, 2.45) is 0 Å². The largest absolute Gasteiger partial charge is 0.379 e. The van der Waals surface area contributed by atoms with E-state index in [4.69, 9.17) is 4.74 Å². The Morgan fingerprint density at radius 2 is 2.25 bits per heavy atom. The number of benzene rings is 1. The number of hydrogen-bond donors (Lipinski definition) is 1. The van der Waals surface area contributed by atoms with Gasteiger partial charge in [0.05, 0.1) is 6.61 Å². The van der Waals surface area contributed by atoms with Crippen LogP contribution < -0.4 is 5.32 Å². The topological polar surface area (TPSA) is 21.3 Å². The van der Waals surface area contributed by atoms with Crippen LogP contribution in [0, 0.1) is 6.92 Å². The molecule has 2 heteroatoms. The minimum Gasteiger partial charge on any atom is -0.379 e. The monoisotopic (exact) mass is 219 g/mol. The molecule has 2 atom stereocenters. The second-order valence-electron chi connectivity index (χ2n) is 5.14. The van der Waals surface area contributed by atoms with Gasteiger partial charge in [-0.05, 0) is 32.8 Å². The fourth-order valence-corrected chi connectivity index (χ4v) is 2.33. The molecule has 1 heterocycles. The zero-order valence-corrected chi connectivity index (χ0v) is 10.4. The van der Waals surface area contributed by atoms with E-state index in [0.29, 0.717) is 6.04 Å². The third-order valence-corrected chi connectivity index (χ3v) is 3.33. The van der Waals surface area contributed by atoms with Gasteiger partial charge in [0.1, 0.15) is 0 Å². The molecule has 2 nitrogen and oxygen atoms in total. The molecule has 1 aliphatic rings. The summed E-state index contributed by atoms with van der Waals surface area (Å²) < 4.78 is 5.46. The lowest BCUT2D eigenvalue weighted by Crippen LogP contribution is -2.44. The van der Waals surface area contributed by atoms with Gasteiger partial charge in [-0.15, -0.1) is 0 Å². The van der Waals surface area contributed by atoms with E-state index in [2.05, 4.69) is 50.4 Å². The summed E-state index contributed by atoms with van der Waals surface area (Å²) in [7, 11) is 0. The van der Waals surface area contributed by atoms with E-state index >= 15 is 0 Å². The Morgan fingerprint density at radius 1 is 1.44 bits per heavy atom. The molecule has 16 heavy (non-hydrogen) atoms. The van der Waals surface area contributed by atoms with Gasteiger partial charge in [0.25, 0.3) is 0 Å². The van der Waals surface area contributed by atoms with Gasteiger partial charge >= 0.3 is 0 Å². The molecule has 0 aliphatic carbocycles. The number of ether oxygens (including phenoxy) is 1. The van der Waals surface area contributed by atoms with Crippen LogP contribution in [0.25, 0.3) is 0 Å². The van der Waals surface area contributed by atoms with E-state index in [1.54, 1.807) is 0 Å². The number of aryl methyl sites for hydroxylation is 1. The van der Waals surface area contributed by atoms with Gasteiger partial charge in [0.2, 0.25) is 0 Å². The zero-order valence-electron chi connectivity index (χ0n) is 10.4. The van der Waals surface area contributed by atoms with E-state index in [-0.39, 0.29) is 5.54 Å². The summed E-state index contributed by atoms with van der Waals surface area (Å²) in [6, 6.07) is 9.07. The van der Waals surface area contributed by atoms with Crippen LogP contribution in [0.5, 0.6) is 0 Å². The smallest absolute Gasteiger partial charge is 0.0646 e. The van der Waals surface area contributed by atoms with Gasteiger partial charge in [-0.25, -0.2) is 0 Å². The minimum absolute atomic E-state index is 0.142. The lowest BCUT2D eigenvalue weighted by Gasteiger charge is -2.28. The molecule has 1 aromatic rings. The van der Waals surface area contributed by atoms with Crippen LogP contribution in [0.2, 0.25) is 0 Å². The normalized spacial score (nSPS) is 26.9. The van der Waals surface area contributed by atoms with Gasteiger partial charge in [-0.3, -0.25) is 0 Å². The predicted octanol–water partition coefficient (Wildman–Crippen LogP) is 2.82. The maximum atomic E-state index is 5.46. The molecule has 0 radical (unpaired) electrons. The molecule has 0 bridgehead atoms. The summed E-state index contributed by atoms with van der Waals surface area (Å²) in [4.78, 5) is 0. The summed E-state index contributed by atoms with van der Waals surface area (Å²) in [5.41, 5.74) is 2.82. The molecular weight excluding hydrogens is 198 g/mol. The highest BCUT2D eigenvalue weighted by molar-refractivity contribution is 5.25. The molecule has 0 amide bonds. The average molecular weight is 219 g/mol. The quantitative estimate of drug-likeness (QED) is 0.844. The molecule has 1 saturated heterocycles. The van der Waals surface area contributed by atoms with Crippen LogP contribution in [0.1, 0.15) is 37.4 Å². The van der Waals surface area contributed by atoms with Gasteiger partial charge in [0, 0.05) is 18.2 Å². The maximum absolute atomic E-state index is 5.46. The second kappa shape index (κ2) is 4.56. The van der Waals surface area contributed by atoms with E-state index in [1.165, 1.54) is 11.1 Å². The first-order valence-corrected chi connectivity index (χ1v) is 6.01. The minimum atomic E-state index is 0.142. The Bertz CT molecular complexity index is 356. The highest BCUT2D eigenvalue weighted by Crippen LogP contribution is 2.23. The summed E-state index contributed by atoms with van der Waals surface area (Å²) in [5.74, 6) is 0. The first kappa shape index (κ1) is 11.6. The predicted molar refractivity (Wildman–Crippen MR) is 66.6 cm³/mol. The molecule has 1 fully saturated rings. The Hall–Kier alpha value is -0.860. The zero-order chi connectivity index (χ0) is 11.6. The van der Waals surface area contributed by atoms with E-state index < -0.39 is 0 Å². The Kier molecular flexibility index (Phi) is 3.31. The van der Waals surface area contributed by atoms with Crippen LogP contribution in [0.4, 0.5) is 0 Å². The van der Waals surface area contributed by atoms with Gasteiger partial charge in [-0.1, -0.05) is 29.8 Å². The molecule has 0 saturated carbocycles. The summed E-state index contributed by atoms with van der Waals surface area (Å²) in [6.07, 6.45) is 1.10. The molecule has 1 N–H and O–H groups in total. The summed E-state index contributed by atoms with van der Waals surface area (Å²) in [5, 5.41) is 3.67. The van der Waals surface area contributed by atoms with E-state index in [0.717, 1.165) is 19.6 Å². The average Bonchev–Trinajstić information content (AvgIpc) is 2.65. The fourth-order valence-electron chi connectivity index (χ4n) is 2.33. The van der Waals surface area contributed by atoms with Crippen molar-refractivity contribution < 1.29 is 4.74 Å². The standard InChI is InChI=1S/C14H21NO/c1-11-5-4-6-13(9-11)12(2)15-14(3)7-8-16-10-14/h4-6,9,12,15H,7-8,10H2,1-3H3/t12-,14+/m1/s1. The third-order valence-electron chi connectivity index (χ3n) is 3.33. The SMILES string of the molecule is Cc1cccc([C@@H](C)N[C@@]2(C)CCOC2)c1. The Balaban J connectivity index is 2.05. The molecular formula is C14H21NO. The van der Waals surface area contributed by atoms with Crippen molar-refractivity contribution >= 4 is 0 Å². The highest BCUT2D eigenvalue weighted by Gasteiger charge is 2.30. The highest BCUT2D eigenvalue weighted by atomic mass is 16.5. The van der Waals surface area contributed by atoms with Crippen molar-refractivity contribution in [3.05, 3.63) is 35.4 Å². The maximum Gasteiger partial charge on any atom is 0.0646 e. The lowest BCUT2D eigenvalue weighted by molar-refractivity contribution is 0.167. The molecule has 1 aliphatic heterocycles. The van der Waals surface area contributed by atoms with Crippen LogP contribution in [0.15, 0.2) is 24.3 Å². The molecule has 1 aromatic carbocycles. The Morgan fingerprint density at radius 3 is 2.88 bits per heavy atom. The molecule has 0 unspecified atom stereocenters. The van der Waals surface area contributed by atoms with Gasteiger partial charge < -0.3 is 10.1 Å². The number of rotatable bonds is 3. The van der Waals surface area contributed by atoms with E-state index in [9.17, 15) is 0 Å². The number of hydrogen-bond acceptors (Lipinski definition) is 2. The summed E-state index contributed by atoms with van der Waals surface area (Å²) >= 11 is 0. The van der Waals surface area contributed by atoms with Crippen molar-refractivity contribution in [1.82, 2.24) is 5.32 Å². The van der Waals surface area contributed by atoms with Crippen molar-refractivity contribution in [2.75, 3.05) is 13.2 Å². The lowest BCUT2D eigenvalue weighted by atomic mass is 9.97. The molecule has 0 spiro atoms. The Labute approximate surface area is 98.0 Å². The first-order valence-electron chi connectivity index (χ1n) is 6.01. The molecule has 0 aromatic heterocycles. The number of nitrogens with one attached hydrogen (secondary N) is 1. The molecule has 88 valence electrons. The summed E-state index contributed by atoms with van der Waals surface area (Å²) in [6.45, 7) is 8.30. The van der Waals surface area contributed by atoms with Crippen LogP contribution >= 0.6 is 0 Å². The van der Waals surface area contributed by atoms with Crippen LogP contribution in [0.3, 0.4) is 0 Å². The van der Waals surface area contributed by atoms with Crippen molar-refractivity contribution in [3.63, 3.8) is 0 Å². The van der Waals surface area contributed by atoms with Gasteiger partial charge in [-0.2, -0.15) is 0 Å². The van der Waals surface area contributed by atoms with Crippen molar-refractivity contribution in [3.8, 4) is 0 Å². The fraction of sp³-hybridized carbons (Fsp3) is 0.571. The first-order chi connectivity index (χ1) is 7.59. The van der Waals surface area contributed by atoms with Crippen molar-refractivity contribution in [2.45, 2.75) is 38.8 Å². The van der Waals surface area contributed by atoms with Crippen LogP contribution in [-0.2, 0) is 4.74 Å². The van der Waals surface area contributed by atoms with Gasteiger partial charge in [0.15, 0.2) is 0 Å². The second-order valence-corrected chi connectivity index (χ2v) is 5.14. The van der Waals surface area contributed by atoms with Crippen molar-refractivity contribution in [1.29, 1.82) is 0 Å². The van der Waals surface area contributed by atoms with E-state index in [1.807, 2.05) is 0 Å². The third kappa shape index (κ3) is 2.63.